The molecule has 2 heterocycles. The molecular formula is C6H7N5. The number of rotatable bonds is 0. The molecular weight excluding hydrogens is 142 g/mol. The Balaban J connectivity index is 2.86. The van der Waals surface area contributed by atoms with Crippen LogP contribution < -0.4 is 5.73 Å². The molecule has 5 heteroatoms. The quantitative estimate of drug-likeness (QED) is 0.562. The highest BCUT2D eigenvalue weighted by atomic mass is 15.2. The van der Waals surface area contributed by atoms with Gasteiger partial charge in [-0.1, -0.05) is 0 Å². The van der Waals surface area contributed by atoms with Crippen LogP contribution in [0.4, 0.5) is 5.95 Å². The molecule has 0 saturated heterocycles. The fraction of sp³-hybridized carbons (Fsp3) is 0.167. The van der Waals surface area contributed by atoms with Crippen LogP contribution in [0.5, 0.6) is 0 Å². The van der Waals surface area contributed by atoms with Gasteiger partial charge >= 0.3 is 0 Å². The second kappa shape index (κ2) is 1.91. The summed E-state index contributed by atoms with van der Waals surface area (Å²) in [4.78, 5) is 7.77. The van der Waals surface area contributed by atoms with E-state index in [1.165, 1.54) is 0 Å². The molecule has 0 bridgehead atoms. The molecule has 56 valence electrons. The number of H-pyrrole nitrogens is 1. The van der Waals surface area contributed by atoms with Crippen molar-refractivity contribution in [3.63, 3.8) is 0 Å². The Hall–Kier alpha value is -1.65. The van der Waals surface area contributed by atoms with Gasteiger partial charge in [0.05, 0.1) is 5.39 Å². The fourth-order valence-corrected chi connectivity index (χ4v) is 0.933. The largest absolute Gasteiger partial charge is 0.368 e. The van der Waals surface area contributed by atoms with E-state index in [-0.39, 0.29) is 5.95 Å². The van der Waals surface area contributed by atoms with Crippen molar-refractivity contribution in [2.24, 2.45) is 0 Å². The van der Waals surface area contributed by atoms with Crippen LogP contribution in [0.1, 0.15) is 5.69 Å². The lowest BCUT2D eigenvalue weighted by molar-refractivity contribution is 1.05. The molecule has 3 N–H and O–H groups in total. The van der Waals surface area contributed by atoms with Crippen molar-refractivity contribution in [2.45, 2.75) is 6.92 Å². The first kappa shape index (κ1) is 6.09. The van der Waals surface area contributed by atoms with Crippen molar-refractivity contribution in [3.05, 3.63) is 11.9 Å². The Morgan fingerprint density at radius 1 is 1.55 bits per heavy atom. The van der Waals surface area contributed by atoms with E-state index >= 15 is 0 Å². The molecule has 0 saturated carbocycles. The van der Waals surface area contributed by atoms with Crippen molar-refractivity contribution in [3.8, 4) is 0 Å². The number of aromatic amines is 1. The van der Waals surface area contributed by atoms with Gasteiger partial charge in [0.2, 0.25) is 5.95 Å². The molecule has 0 unspecified atom stereocenters. The van der Waals surface area contributed by atoms with Crippen molar-refractivity contribution >= 4 is 17.0 Å². The Morgan fingerprint density at radius 3 is 3.18 bits per heavy atom. The topological polar surface area (TPSA) is 80.5 Å². The monoisotopic (exact) mass is 149 g/mol. The second-order valence-corrected chi connectivity index (χ2v) is 2.31. The van der Waals surface area contributed by atoms with Gasteiger partial charge in [0.1, 0.15) is 0 Å². The molecule has 0 spiro atoms. The summed E-state index contributed by atoms with van der Waals surface area (Å²) < 4.78 is 0. The minimum absolute atomic E-state index is 0.254. The molecule has 2 rings (SSSR count). The average Bonchev–Trinajstić information content (AvgIpc) is 2.32. The number of fused-ring (bicyclic) bond motifs is 1. The maximum absolute atomic E-state index is 5.36. The summed E-state index contributed by atoms with van der Waals surface area (Å²) in [5.74, 6) is 0.254. The van der Waals surface area contributed by atoms with Crippen LogP contribution >= 0.6 is 0 Å². The van der Waals surface area contributed by atoms with Gasteiger partial charge in [-0.05, 0) is 6.92 Å². The van der Waals surface area contributed by atoms with Gasteiger partial charge in [0.25, 0.3) is 0 Å². The van der Waals surface area contributed by atoms with Gasteiger partial charge in [0.15, 0.2) is 5.65 Å². The second-order valence-electron chi connectivity index (χ2n) is 2.31. The van der Waals surface area contributed by atoms with Crippen LogP contribution in [0, 0.1) is 6.92 Å². The lowest BCUT2D eigenvalue weighted by Crippen LogP contribution is -1.93. The predicted octanol–water partition coefficient (Wildman–Crippen LogP) is 0.244. The van der Waals surface area contributed by atoms with Crippen molar-refractivity contribution in [2.75, 3.05) is 5.73 Å². The molecule has 0 fully saturated rings. The van der Waals surface area contributed by atoms with Gasteiger partial charge in [-0.25, -0.2) is 4.98 Å². The molecule has 11 heavy (non-hydrogen) atoms. The summed E-state index contributed by atoms with van der Waals surface area (Å²) in [6.45, 7) is 1.91. The number of nitrogens with two attached hydrogens (primary N) is 1. The van der Waals surface area contributed by atoms with Gasteiger partial charge in [-0.2, -0.15) is 10.1 Å². The zero-order valence-electron chi connectivity index (χ0n) is 6.00. The van der Waals surface area contributed by atoms with E-state index in [1.807, 2.05) is 6.92 Å². The van der Waals surface area contributed by atoms with E-state index < -0.39 is 0 Å². The Bertz CT molecular complexity index is 391. The number of hydrogen-bond donors (Lipinski definition) is 2. The third-order valence-corrected chi connectivity index (χ3v) is 1.52. The minimum Gasteiger partial charge on any atom is -0.368 e. The van der Waals surface area contributed by atoms with Crippen LogP contribution in [-0.2, 0) is 0 Å². The van der Waals surface area contributed by atoms with Gasteiger partial charge in [-0.15, -0.1) is 0 Å². The van der Waals surface area contributed by atoms with Crippen LogP contribution in [0.2, 0.25) is 0 Å². The molecule has 5 nitrogen and oxygen atoms in total. The predicted molar refractivity (Wildman–Crippen MR) is 40.8 cm³/mol. The number of nitrogen functional groups attached to an aromatic ring is 1. The van der Waals surface area contributed by atoms with Gasteiger partial charge in [-0.3, -0.25) is 5.10 Å². The molecule has 0 atom stereocenters. The highest BCUT2D eigenvalue weighted by molar-refractivity contribution is 5.76. The van der Waals surface area contributed by atoms with E-state index in [9.17, 15) is 0 Å². The molecule has 0 aliphatic heterocycles. The van der Waals surface area contributed by atoms with E-state index in [0.29, 0.717) is 5.65 Å². The summed E-state index contributed by atoms with van der Waals surface area (Å²) >= 11 is 0. The molecule has 0 aromatic carbocycles. The number of anilines is 1. The van der Waals surface area contributed by atoms with Crippen molar-refractivity contribution in [1.82, 2.24) is 20.2 Å². The maximum atomic E-state index is 5.36. The van der Waals surface area contributed by atoms with Gasteiger partial charge in [0, 0.05) is 11.9 Å². The van der Waals surface area contributed by atoms with Gasteiger partial charge < -0.3 is 5.73 Å². The molecule has 2 aromatic heterocycles. The number of hydrogen-bond acceptors (Lipinski definition) is 4. The highest BCUT2D eigenvalue weighted by Gasteiger charge is 2.01. The smallest absolute Gasteiger partial charge is 0.222 e. The lowest BCUT2D eigenvalue weighted by Gasteiger charge is -1.88. The summed E-state index contributed by atoms with van der Waals surface area (Å²) in [6, 6.07) is 0. The maximum Gasteiger partial charge on any atom is 0.222 e. The summed E-state index contributed by atoms with van der Waals surface area (Å²) in [5, 5.41) is 7.63. The first-order valence-corrected chi connectivity index (χ1v) is 3.20. The fourth-order valence-electron chi connectivity index (χ4n) is 0.933. The normalized spacial score (nSPS) is 10.6. The minimum atomic E-state index is 0.254. The van der Waals surface area contributed by atoms with Crippen molar-refractivity contribution < 1.29 is 0 Å². The SMILES string of the molecule is Cc1[nH]nc2nc(N)ncc12. The molecule has 0 aliphatic rings. The molecule has 2 aromatic rings. The summed E-state index contributed by atoms with van der Waals surface area (Å²) in [5.41, 5.74) is 6.94. The van der Waals surface area contributed by atoms with E-state index in [4.69, 9.17) is 5.73 Å². The molecule has 0 amide bonds. The Morgan fingerprint density at radius 2 is 2.36 bits per heavy atom. The molecule has 0 aliphatic carbocycles. The third kappa shape index (κ3) is 0.813. The van der Waals surface area contributed by atoms with Crippen LogP contribution in [-0.4, -0.2) is 20.2 Å². The van der Waals surface area contributed by atoms with Crippen LogP contribution in [0.15, 0.2) is 6.20 Å². The zero-order chi connectivity index (χ0) is 7.84. The average molecular weight is 149 g/mol. The first-order chi connectivity index (χ1) is 5.27. The van der Waals surface area contributed by atoms with E-state index in [1.54, 1.807) is 6.20 Å². The zero-order valence-corrected chi connectivity index (χ0v) is 6.00. The standard InChI is InChI=1S/C6H7N5/c1-3-4-2-8-6(7)9-5(4)11-10-3/h2H,1H3,(H3,7,8,9,10,11). The number of aromatic nitrogens is 4. The number of nitrogens with one attached hydrogen (secondary N) is 1. The van der Waals surface area contributed by atoms with E-state index in [0.717, 1.165) is 11.1 Å². The van der Waals surface area contributed by atoms with Crippen LogP contribution in [0.3, 0.4) is 0 Å². The Labute approximate surface area is 62.7 Å². The summed E-state index contributed by atoms with van der Waals surface area (Å²) in [7, 11) is 0. The van der Waals surface area contributed by atoms with Crippen molar-refractivity contribution in [1.29, 1.82) is 0 Å². The van der Waals surface area contributed by atoms with Crippen LogP contribution in [0.25, 0.3) is 11.0 Å². The first-order valence-electron chi connectivity index (χ1n) is 3.20. The Kier molecular flexibility index (Phi) is 1.06. The third-order valence-electron chi connectivity index (χ3n) is 1.52. The number of aryl methyl sites for hydroxylation is 1. The molecule has 0 radical (unpaired) electrons. The summed E-state index contributed by atoms with van der Waals surface area (Å²) in [6.07, 6.45) is 1.66. The van der Waals surface area contributed by atoms with E-state index in [2.05, 4.69) is 20.2 Å². The lowest BCUT2D eigenvalue weighted by atomic mass is 10.3. The highest BCUT2D eigenvalue weighted by Crippen LogP contribution is 2.11. The number of nitrogens with zero attached hydrogens (tertiary/aromatic N) is 3.